The van der Waals surface area contributed by atoms with Crippen LogP contribution >= 0.6 is 0 Å². The summed E-state index contributed by atoms with van der Waals surface area (Å²) in [5.41, 5.74) is 5.97. The molecule has 92 valence electrons. The average Bonchev–Trinajstić information content (AvgIpc) is 2.23. The lowest BCUT2D eigenvalue weighted by molar-refractivity contribution is -0.0667. The highest BCUT2D eigenvalue weighted by molar-refractivity contribution is 4.99. The molecule has 1 saturated heterocycles. The highest BCUT2D eigenvalue weighted by atomic mass is 16.5. The standard InChI is InChI=1S/C13H24N2O/c1-4-5-6-7-15-13(10-14)8-11(2)16-12(3)9-13/h11-12,15H,6-10,14H2,1-3H3. The van der Waals surface area contributed by atoms with Gasteiger partial charge in [0.05, 0.1) is 12.2 Å². The van der Waals surface area contributed by atoms with Crippen molar-refractivity contribution in [2.75, 3.05) is 13.1 Å². The summed E-state index contributed by atoms with van der Waals surface area (Å²) in [5.74, 6) is 5.97. The van der Waals surface area contributed by atoms with E-state index in [1.54, 1.807) is 0 Å². The van der Waals surface area contributed by atoms with Gasteiger partial charge in [0.15, 0.2) is 0 Å². The minimum absolute atomic E-state index is 0.0481. The topological polar surface area (TPSA) is 47.3 Å². The van der Waals surface area contributed by atoms with Gasteiger partial charge in [-0.1, -0.05) is 0 Å². The summed E-state index contributed by atoms with van der Waals surface area (Å²) >= 11 is 0. The van der Waals surface area contributed by atoms with Crippen LogP contribution < -0.4 is 11.1 Å². The van der Waals surface area contributed by atoms with Crippen molar-refractivity contribution < 1.29 is 4.74 Å². The van der Waals surface area contributed by atoms with E-state index in [0.717, 1.165) is 25.8 Å². The highest BCUT2D eigenvalue weighted by Crippen LogP contribution is 2.27. The Bertz CT molecular complexity index is 257. The summed E-state index contributed by atoms with van der Waals surface area (Å²) in [7, 11) is 0. The van der Waals surface area contributed by atoms with Gasteiger partial charge in [-0.25, -0.2) is 0 Å². The van der Waals surface area contributed by atoms with Gasteiger partial charge in [0, 0.05) is 25.0 Å². The molecule has 3 heteroatoms. The Kier molecular flexibility index (Phi) is 5.27. The van der Waals surface area contributed by atoms with Crippen molar-refractivity contribution in [2.45, 2.75) is 57.8 Å². The summed E-state index contributed by atoms with van der Waals surface area (Å²) in [5, 5.41) is 3.57. The molecule has 0 bridgehead atoms. The molecule has 0 aliphatic carbocycles. The minimum Gasteiger partial charge on any atom is -0.375 e. The van der Waals surface area contributed by atoms with E-state index in [1.165, 1.54) is 0 Å². The van der Waals surface area contributed by atoms with Crippen molar-refractivity contribution in [2.24, 2.45) is 5.73 Å². The van der Waals surface area contributed by atoms with Crippen molar-refractivity contribution in [3.05, 3.63) is 0 Å². The minimum atomic E-state index is 0.0481. The molecule has 0 radical (unpaired) electrons. The van der Waals surface area contributed by atoms with Gasteiger partial charge in [0.25, 0.3) is 0 Å². The molecule has 1 rings (SSSR count). The smallest absolute Gasteiger partial charge is 0.0568 e. The summed E-state index contributed by atoms with van der Waals surface area (Å²) in [6.07, 6.45) is 3.46. The Morgan fingerprint density at radius 1 is 1.38 bits per heavy atom. The third-order valence-electron chi connectivity index (χ3n) is 3.14. The molecule has 0 aromatic heterocycles. The van der Waals surface area contributed by atoms with E-state index in [1.807, 2.05) is 6.92 Å². The van der Waals surface area contributed by atoms with Gasteiger partial charge in [-0.05, 0) is 33.6 Å². The van der Waals surface area contributed by atoms with E-state index in [0.29, 0.717) is 6.54 Å². The van der Waals surface area contributed by atoms with E-state index >= 15 is 0 Å². The van der Waals surface area contributed by atoms with E-state index in [4.69, 9.17) is 10.5 Å². The molecule has 0 spiro atoms. The monoisotopic (exact) mass is 224 g/mol. The normalized spacial score (nSPS) is 34.2. The second-order valence-electron chi connectivity index (χ2n) is 4.75. The van der Waals surface area contributed by atoms with Crippen LogP contribution in [0.25, 0.3) is 0 Å². The Labute approximate surface area is 99.1 Å². The van der Waals surface area contributed by atoms with Crippen molar-refractivity contribution in [3.8, 4) is 11.8 Å². The number of hydrogen-bond acceptors (Lipinski definition) is 3. The van der Waals surface area contributed by atoms with Gasteiger partial charge in [-0.15, -0.1) is 11.8 Å². The fourth-order valence-electron chi connectivity index (χ4n) is 2.57. The lowest BCUT2D eigenvalue weighted by atomic mass is 9.84. The fraction of sp³-hybridized carbons (Fsp3) is 0.846. The summed E-state index contributed by atoms with van der Waals surface area (Å²) < 4.78 is 5.75. The lowest BCUT2D eigenvalue weighted by Gasteiger charge is -2.43. The van der Waals surface area contributed by atoms with Gasteiger partial charge in [0.1, 0.15) is 0 Å². The fourth-order valence-corrected chi connectivity index (χ4v) is 2.57. The number of hydrogen-bond donors (Lipinski definition) is 2. The first kappa shape index (κ1) is 13.5. The molecule has 0 amide bonds. The van der Waals surface area contributed by atoms with Crippen LogP contribution in [0.1, 0.15) is 40.0 Å². The molecule has 1 fully saturated rings. The van der Waals surface area contributed by atoms with Crippen LogP contribution in [-0.2, 0) is 4.74 Å². The zero-order chi connectivity index (χ0) is 12.0. The van der Waals surface area contributed by atoms with Gasteiger partial charge >= 0.3 is 0 Å². The average molecular weight is 224 g/mol. The second kappa shape index (κ2) is 6.24. The quantitative estimate of drug-likeness (QED) is 0.558. The molecule has 3 nitrogen and oxygen atoms in total. The Morgan fingerprint density at radius 2 is 2.00 bits per heavy atom. The number of nitrogens with one attached hydrogen (secondary N) is 1. The molecule has 0 aromatic carbocycles. The summed E-state index contributed by atoms with van der Waals surface area (Å²) in [6.45, 7) is 7.70. The molecule has 0 aromatic rings. The first-order valence-electron chi connectivity index (χ1n) is 6.12. The lowest BCUT2D eigenvalue weighted by Crippen LogP contribution is -2.58. The van der Waals surface area contributed by atoms with Gasteiger partial charge in [-0.2, -0.15) is 0 Å². The van der Waals surface area contributed by atoms with Crippen molar-refractivity contribution in [1.82, 2.24) is 5.32 Å². The third-order valence-corrected chi connectivity index (χ3v) is 3.14. The van der Waals surface area contributed by atoms with Gasteiger partial charge in [-0.3, -0.25) is 0 Å². The predicted molar refractivity (Wildman–Crippen MR) is 67.1 cm³/mol. The first-order valence-corrected chi connectivity index (χ1v) is 6.12. The zero-order valence-electron chi connectivity index (χ0n) is 10.7. The van der Waals surface area contributed by atoms with E-state index in [-0.39, 0.29) is 17.7 Å². The van der Waals surface area contributed by atoms with E-state index in [2.05, 4.69) is 31.0 Å². The molecule has 1 aliphatic heterocycles. The molecule has 3 N–H and O–H groups in total. The molecule has 1 heterocycles. The van der Waals surface area contributed by atoms with Crippen molar-refractivity contribution >= 4 is 0 Å². The SMILES string of the molecule is CC#CCCNC1(CN)CC(C)OC(C)C1. The Balaban J connectivity index is 2.50. The summed E-state index contributed by atoms with van der Waals surface area (Å²) in [6, 6.07) is 0. The van der Waals surface area contributed by atoms with Crippen LogP contribution in [0.15, 0.2) is 0 Å². The molecule has 2 unspecified atom stereocenters. The highest BCUT2D eigenvalue weighted by Gasteiger charge is 2.36. The maximum absolute atomic E-state index is 5.92. The van der Waals surface area contributed by atoms with Gasteiger partial charge < -0.3 is 15.8 Å². The molecule has 16 heavy (non-hydrogen) atoms. The maximum Gasteiger partial charge on any atom is 0.0568 e. The number of nitrogens with two attached hydrogens (primary N) is 1. The third kappa shape index (κ3) is 3.79. The molecule has 0 saturated carbocycles. The van der Waals surface area contributed by atoms with Crippen LogP contribution in [0.3, 0.4) is 0 Å². The predicted octanol–water partition coefficient (Wildman–Crippen LogP) is 1.27. The molecular weight excluding hydrogens is 200 g/mol. The maximum atomic E-state index is 5.92. The van der Waals surface area contributed by atoms with Crippen LogP contribution in [0.2, 0.25) is 0 Å². The van der Waals surface area contributed by atoms with Crippen molar-refractivity contribution in [1.29, 1.82) is 0 Å². The van der Waals surface area contributed by atoms with E-state index < -0.39 is 0 Å². The first-order chi connectivity index (χ1) is 7.62. The van der Waals surface area contributed by atoms with Gasteiger partial charge in [0.2, 0.25) is 0 Å². The van der Waals surface area contributed by atoms with Crippen LogP contribution in [-0.4, -0.2) is 30.8 Å². The molecule has 2 atom stereocenters. The Morgan fingerprint density at radius 3 is 2.50 bits per heavy atom. The second-order valence-corrected chi connectivity index (χ2v) is 4.75. The van der Waals surface area contributed by atoms with Crippen LogP contribution in [0.4, 0.5) is 0 Å². The molecular formula is C13H24N2O. The van der Waals surface area contributed by atoms with Crippen LogP contribution in [0.5, 0.6) is 0 Å². The molecule has 1 aliphatic rings. The summed E-state index contributed by atoms with van der Waals surface area (Å²) in [4.78, 5) is 0. The van der Waals surface area contributed by atoms with E-state index in [9.17, 15) is 0 Å². The Hall–Kier alpha value is -0.560. The number of rotatable bonds is 4. The van der Waals surface area contributed by atoms with Crippen LogP contribution in [0, 0.1) is 11.8 Å². The van der Waals surface area contributed by atoms with Crippen molar-refractivity contribution in [3.63, 3.8) is 0 Å². The zero-order valence-corrected chi connectivity index (χ0v) is 10.7. The number of ether oxygens (including phenoxy) is 1. The largest absolute Gasteiger partial charge is 0.375 e.